The number of rotatable bonds is 5. The zero-order valence-corrected chi connectivity index (χ0v) is 13.0. The molecular weight excluding hydrogens is 254 g/mol. The fraction of sp³-hybridized carbons (Fsp3) is 0.933. The van der Waals surface area contributed by atoms with Crippen molar-refractivity contribution in [2.24, 2.45) is 11.3 Å². The minimum absolute atomic E-state index is 0.0960. The van der Waals surface area contributed by atoms with Crippen LogP contribution in [-0.2, 0) is 9.53 Å². The Bertz CT molecular complexity index is 327. The highest BCUT2D eigenvalue weighted by Gasteiger charge is 2.36. The van der Waals surface area contributed by atoms with E-state index in [2.05, 4.69) is 16.0 Å². The first-order chi connectivity index (χ1) is 9.54. The maximum absolute atomic E-state index is 11.8. The van der Waals surface area contributed by atoms with Gasteiger partial charge in [0.25, 0.3) is 0 Å². The molecule has 1 saturated heterocycles. The number of amides is 1. The maximum Gasteiger partial charge on any atom is 0.226 e. The summed E-state index contributed by atoms with van der Waals surface area (Å²) in [5.41, 5.74) is -0.363. The molecule has 0 bridgehead atoms. The number of carbonyl (C=O) groups excluding carboxylic acids is 1. The Balaban J connectivity index is 1.86. The van der Waals surface area contributed by atoms with Gasteiger partial charge in [0.15, 0.2) is 0 Å². The second-order valence-electron chi connectivity index (χ2n) is 6.68. The summed E-state index contributed by atoms with van der Waals surface area (Å²) in [6.07, 6.45) is 3.71. The van der Waals surface area contributed by atoms with Crippen molar-refractivity contribution >= 4 is 5.91 Å². The van der Waals surface area contributed by atoms with Gasteiger partial charge in [-0.05, 0) is 32.6 Å². The van der Waals surface area contributed by atoms with Crippen LogP contribution in [0.25, 0.3) is 0 Å². The second kappa shape index (κ2) is 6.87. The highest BCUT2D eigenvalue weighted by molar-refractivity contribution is 5.81. The SMILES string of the molecule is CNC(=O)C(C)(C)CNC1CCCC1C1COCCN1. The van der Waals surface area contributed by atoms with Crippen LogP contribution in [-0.4, -0.2) is 51.3 Å². The van der Waals surface area contributed by atoms with Gasteiger partial charge in [0.2, 0.25) is 5.91 Å². The number of hydrogen-bond acceptors (Lipinski definition) is 4. The lowest BCUT2D eigenvalue weighted by molar-refractivity contribution is -0.128. The number of morpholine rings is 1. The molecule has 1 heterocycles. The zero-order chi connectivity index (χ0) is 14.6. The molecule has 1 aliphatic heterocycles. The molecule has 20 heavy (non-hydrogen) atoms. The summed E-state index contributed by atoms with van der Waals surface area (Å²) in [5.74, 6) is 0.717. The van der Waals surface area contributed by atoms with Crippen LogP contribution in [0.15, 0.2) is 0 Å². The third kappa shape index (κ3) is 3.71. The summed E-state index contributed by atoms with van der Waals surface area (Å²) < 4.78 is 5.59. The van der Waals surface area contributed by atoms with Crippen LogP contribution >= 0.6 is 0 Å². The fourth-order valence-electron chi connectivity index (χ4n) is 3.39. The number of carbonyl (C=O) groups is 1. The molecule has 5 nitrogen and oxygen atoms in total. The van der Waals surface area contributed by atoms with Gasteiger partial charge in [0.1, 0.15) is 0 Å². The predicted molar refractivity (Wildman–Crippen MR) is 79.6 cm³/mol. The van der Waals surface area contributed by atoms with E-state index < -0.39 is 0 Å². The van der Waals surface area contributed by atoms with Gasteiger partial charge in [0, 0.05) is 32.2 Å². The normalized spacial score (nSPS) is 31.2. The number of hydrogen-bond donors (Lipinski definition) is 3. The van der Waals surface area contributed by atoms with Gasteiger partial charge < -0.3 is 20.7 Å². The van der Waals surface area contributed by atoms with E-state index in [9.17, 15) is 4.79 Å². The zero-order valence-electron chi connectivity index (χ0n) is 13.0. The monoisotopic (exact) mass is 283 g/mol. The van der Waals surface area contributed by atoms with E-state index >= 15 is 0 Å². The quantitative estimate of drug-likeness (QED) is 0.688. The van der Waals surface area contributed by atoms with Crippen LogP contribution in [0.5, 0.6) is 0 Å². The molecule has 3 unspecified atom stereocenters. The van der Waals surface area contributed by atoms with Gasteiger partial charge in [-0.2, -0.15) is 0 Å². The lowest BCUT2D eigenvalue weighted by atomic mass is 9.89. The Labute approximate surface area is 122 Å². The van der Waals surface area contributed by atoms with Gasteiger partial charge in [0.05, 0.1) is 18.6 Å². The molecule has 0 aromatic rings. The van der Waals surface area contributed by atoms with Gasteiger partial charge in [-0.1, -0.05) is 6.42 Å². The first-order valence-corrected chi connectivity index (χ1v) is 7.81. The Morgan fingerprint density at radius 3 is 2.85 bits per heavy atom. The van der Waals surface area contributed by atoms with E-state index in [-0.39, 0.29) is 11.3 Å². The summed E-state index contributed by atoms with van der Waals surface area (Å²) >= 11 is 0. The predicted octanol–water partition coefficient (Wildman–Crippen LogP) is 0.505. The molecule has 5 heteroatoms. The Morgan fingerprint density at radius 2 is 2.20 bits per heavy atom. The molecular formula is C15H29N3O2. The highest BCUT2D eigenvalue weighted by atomic mass is 16.5. The van der Waals surface area contributed by atoms with Gasteiger partial charge in [-0.25, -0.2) is 0 Å². The van der Waals surface area contributed by atoms with Crippen molar-refractivity contribution in [3.8, 4) is 0 Å². The average Bonchev–Trinajstić information content (AvgIpc) is 2.93. The van der Waals surface area contributed by atoms with Crippen LogP contribution in [0.2, 0.25) is 0 Å². The van der Waals surface area contributed by atoms with Crippen molar-refractivity contribution in [3.63, 3.8) is 0 Å². The molecule has 0 aromatic heterocycles. The van der Waals surface area contributed by atoms with Crippen LogP contribution in [0, 0.1) is 11.3 Å². The second-order valence-corrected chi connectivity index (χ2v) is 6.68. The first kappa shape index (κ1) is 15.7. The van der Waals surface area contributed by atoms with E-state index in [0.717, 1.165) is 26.3 Å². The van der Waals surface area contributed by atoms with E-state index in [1.165, 1.54) is 19.3 Å². The largest absolute Gasteiger partial charge is 0.379 e. The molecule has 1 saturated carbocycles. The van der Waals surface area contributed by atoms with Crippen LogP contribution in [0.3, 0.4) is 0 Å². The molecule has 2 rings (SSSR count). The maximum atomic E-state index is 11.8. The summed E-state index contributed by atoms with van der Waals surface area (Å²) in [6, 6.07) is 0.963. The van der Waals surface area contributed by atoms with Gasteiger partial charge >= 0.3 is 0 Å². The van der Waals surface area contributed by atoms with Crippen LogP contribution < -0.4 is 16.0 Å². The Kier molecular flexibility index (Phi) is 5.41. The highest BCUT2D eigenvalue weighted by Crippen LogP contribution is 2.30. The van der Waals surface area contributed by atoms with E-state index in [1.54, 1.807) is 7.05 Å². The van der Waals surface area contributed by atoms with Crippen molar-refractivity contribution < 1.29 is 9.53 Å². The number of nitrogens with one attached hydrogen (secondary N) is 3. The molecule has 2 aliphatic rings. The summed E-state index contributed by atoms with van der Waals surface area (Å²) in [7, 11) is 1.70. The molecule has 116 valence electrons. The first-order valence-electron chi connectivity index (χ1n) is 7.81. The molecule has 1 aliphatic carbocycles. The molecule has 1 amide bonds. The van der Waals surface area contributed by atoms with Crippen molar-refractivity contribution in [1.29, 1.82) is 0 Å². The molecule has 2 fully saturated rings. The molecule has 0 spiro atoms. The molecule has 3 atom stereocenters. The summed E-state index contributed by atoms with van der Waals surface area (Å²) in [6.45, 7) is 7.31. The standard InChI is InChI=1S/C15H29N3O2/c1-15(2,14(19)16-3)10-18-12-6-4-5-11(12)13-9-20-8-7-17-13/h11-13,17-18H,4-10H2,1-3H3,(H,16,19). The van der Waals surface area contributed by atoms with Crippen LogP contribution in [0.1, 0.15) is 33.1 Å². The topological polar surface area (TPSA) is 62.4 Å². The summed E-state index contributed by atoms with van der Waals surface area (Å²) in [5, 5.41) is 9.95. The Hall–Kier alpha value is -0.650. The lowest BCUT2D eigenvalue weighted by Crippen LogP contribution is -2.52. The minimum Gasteiger partial charge on any atom is -0.379 e. The van der Waals surface area contributed by atoms with E-state index in [1.807, 2.05) is 13.8 Å². The summed E-state index contributed by atoms with van der Waals surface area (Å²) in [4.78, 5) is 11.8. The van der Waals surface area contributed by atoms with E-state index in [4.69, 9.17) is 4.74 Å². The van der Waals surface area contributed by atoms with Crippen molar-refractivity contribution in [3.05, 3.63) is 0 Å². The van der Waals surface area contributed by atoms with E-state index in [0.29, 0.717) is 18.0 Å². The number of ether oxygens (including phenoxy) is 1. The van der Waals surface area contributed by atoms with Gasteiger partial charge in [-0.3, -0.25) is 4.79 Å². The average molecular weight is 283 g/mol. The fourth-order valence-corrected chi connectivity index (χ4v) is 3.39. The molecule has 0 radical (unpaired) electrons. The molecule has 3 N–H and O–H groups in total. The third-order valence-electron chi connectivity index (χ3n) is 4.68. The van der Waals surface area contributed by atoms with Crippen molar-refractivity contribution in [2.45, 2.75) is 45.2 Å². The minimum atomic E-state index is -0.363. The van der Waals surface area contributed by atoms with Crippen LogP contribution in [0.4, 0.5) is 0 Å². The van der Waals surface area contributed by atoms with Crippen molar-refractivity contribution in [1.82, 2.24) is 16.0 Å². The smallest absolute Gasteiger partial charge is 0.226 e. The Morgan fingerprint density at radius 1 is 1.40 bits per heavy atom. The third-order valence-corrected chi connectivity index (χ3v) is 4.68. The lowest BCUT2D eigenvalue weighted by Gasteiger charge is -2.34. The van der Waals surface area contributed by atoms with Gasteiger partial charge in [-0.15, -0.1) is 0 Å². The molecule has 0 aromatic carbocycles. The van der Waals surface area contributed by atoms with Crippen molar-refractivity contribution in [2.75, 3.05) is 33.4 Å².